The molecule has 2 aromatic carbocycles. The van der Waals surface area contributed by atoms with E-state index in [4.69, 9.17) is 0 Å². The predicted molar refractivity (Wildman–Crippen MR) is 106 cm³/mol. The molecule has 5 nitrogen and oxygen atoms in total. The minimum absolute atomic E-state index is 0.0516. The van der Waals surface area contributed by atoms with Crippen LogP contribution in [0.3, 0.4) is 0 Å². The summed E-state index contributed by atoms with van der Waals surface area (Å²) in [7, 11) is 0. The summed E-state index contributed by atoms with van der Waals surface area (Å²) in [6, 6.07) is 14.6. The third-order valence-electron chi connectivity index (χ3n) is 5.50. The largest absolute Gasteiger partial charge is 0.349 e. The van der Waals surface area contributed by atoms with E-state index in [1.807, 2.05) is 18.2 Å². The van der Waals surface area contributed by atoms with Crippen molar-refractivity contribution in [2.24, 2.45) is 5.92 Å². The van der Waals surface area contributed by atoms with E-state index < -0.39 is 0 Å². The second-order valence-corrected chi connectivity index (χ2v) is 7.33. The van der Waals surface area contributed by atoms with Crippen LogP contribution in [0, 0.1) is 5.92 Å². The smallest absolute Gasteiger partial charge is 0.265 e. The molecule has 138 valence electrons. The molecule has 1 aliphatic carbocycles. The number of carbonyl (C=O) groups excluding carboxylic acids is 1. The van der Waals surface area contributed by atoms with Crippen molar-refractivity contribution < 1.29 is 4.79 Å². The Bertz CT molecular complexity index is 1020. The number of hydrogen-bond acceptors (Lipinski definition) is 3. The lowest BCUT2D eigenvalue weighted by molar-refractivity contribution is 0.0910. The number of aromatic nitrogens is 2. The van der Waals surface area contributed by atoms with Gasteiger partial charge in [-0.1, -0.05) is 31.9 Å². The van der Waals surface area contributed by atoms with E-state index >= 15 is 0 Å². The zero-order valence-corrected chi connectivity index (χ0v) is 15.4. The molecule has 5 heteroatoms. The van der Waals surface area contributed by atoms with Crippen molar-refractivity contribution in [1.82, 2.24) is 14.9 Å². The predicted octanol–water partition coefficient (Wildman–Crippen LogP) is 3.69. The first-order valence-electron chi connectivity index (χ1n) is 9.51. The van der Waals surface area contributed by atoms with Gasteiger partial charge in [0, 0.05) is 11.6 Å². The van der Waals surface area contributed by atoms with Crippen LogP contribution in [0.25, 0.3) is 16.6 Å². The van der Waals surface area contributed by atoms with Gasteiger partial charge in [0.1, 0.15) is 6.33 Å². The van der Waals surface area contributed by atoms with Crippen LogP contribution in [0.5, 0.6) is 0 Å². The molecule has 1 amide bonds. The molecule has 1 fully saturated rings. The Morgan fingerprint density at radius 3 is 2.59 bits per heavy atom. The number of carbonyl (C=O) groups is 1. The maximum atomic E-state index is 12.7. The lowest BCUT2D eigenvalue weighted by Crippen LogP contribution is -2.41. The average Bonchev–Trinajstić information content (AvgIpc) is 2.70. The Labute approximate surface area is 158 Å². The highest BCUT2D eigenvalue weighted by molar-refractivity contribution is 5.94. The zero-order valence-electron chi connectivity index (χ0n) is 15.4. The van der Waals surface area contributed by atoms with Gasteiger partial charge in [-0.15, -0.1) is 0 Å². The first kappa shape index (κ1) is 17.5. The highest BCUT2D eigenvalue weighted by Gasteiger charge is 2.23. The second-order valence-electron chi connectivity index (χ2n) is 7.33. The fraction of sp³-hybridized carbons (Fsp3) is 0.318. The van der Waals surface area contributed by atoms with Crippen molar-refractivity contribution in [3.8, 4) is 5.69 Å². The molecule has 0 bridgehead atoms. The normalized spacial score (nSPS) is 19.7. The van der Waals surface area contributed by atoms with Gasteiger partial charge in [0.2, 0.25) is 0 Å². The van der Waals surface area contributed by atoms with E-state index in [2.05, 4.69) is 17.2 Å². The summed E-state index contributed by atoms with van der Waals surface area (Å²) in [5.74, 6) is 0.466. The lowest BCUT2D eigenvalue weighted by atomic mass is 9.86. The summed E-state index contributed by atoms with van der Waals surface area (Å²) in [5, 5.41) is 3.74. The van der Waals surface area contributed by atoms with Gasteiger partial charge in [-0.3, -0.25) is 14.2 Å². The Hall–Kier alpha value is -2.95. The molecule has 1 aliphatic rings. The highest BCUT2D eigenvalue weighted by Crippen LogP contribution is 2.24. The van der Waals surface area contributed by atoms with Crippen LogP contribution >= 0.6 is 0 Å². The summed E-state index contributed by atoms with van der Waals surface area (Å²) in [6.07, 6.45) is 6.16. The van der Waals surface area contributed by atoms with E-state index in [1.54, 1.807) is 30.3 Å². The molecule has 27 heavy (non-hydrogen) atoms. The van der Waals surface area contributed by atoms with Gasteiger partial charge in [-0.05, 0) is 55.2 Å². The van der Waals surface area contributed by atoms with Crippen molar-refractivity contribution >= 4 is 16.8 Å². The molecular formula is C22H23N3O2. The minimum atomic E-state index is -0.117. The summed E-state index contributed by atoms with van der Waals surface area (Å²) in [6.45, 7) is 2.20. The molecule has 3 aromatic rings. The first-order valence-corrected chi connectivity index (χ1v) is 9.51. The molecule has 2 atom stereocenters. The van der Waals surface area contributed by atoms with Gasteiger partial charge in [0.05, 0.1) is 16.6 Å². The van der Waals surface area contributed by atoms with E-state index in [0.29, 0.717) is 28.1 Å². The van der Waals surface area contributed by atoms with Crippen molar-refractivity contribution in [2.75, 3.05) is 0 Å². The van der Waals surface area contributed by atoms with Gasteiger partial charge < -0.3 is 5.32 Å². The van der Waals surface area contributed by atoms with Crippen LogP contribution < -0.4 is 10.9 Å². The number of para-hydroxylation sites is 1. The maximum Gasteiger partial charge on any atom is 0.265 e. The monoisotopic (exact) mass is 361 g/mol. The quantitative estimate of drug-likeness (QED) is 0.774. The van der Waals surface area contributed by atoms with Crippen LogP contribution in [-0.4, -0.2) is 21.5 Å². The number of nitrogens with one attached hydrogen (secondary N) is 1. The van der Waals surface area contributed by atoms with Gasteiger partial charge in [-0.2, -0.15) is 0 Å². The van der Waals surface area contributed by atoms with Crippen LogP contribution in [-0.2, 0) is 0 Å². The van der Waals surface area contributed by atoms with E-state index in [0.717, 1.165) is 6.42 Å². The van der Waals surface area contributed by atoms with Crippen LogP contribution in [0.15, 0.2) is 59.7 Å². The summed E-state index contributed by atoms with van der Waals surface area (Å²) in [4.78, 5) is 29.6. The molecule has 0 saturated heterocycles. The number of amides is 1. The van der Waals surface area contributed by atoms with Crippen molar-refractivity contribution in [3.63, 3.8) is 0 Å². The van der Waals surface area contributed by atoms with Crippen LogP contribution in [0.4, 0.5) is 0 Å². The minimum Gasteiger partial charge on any atom is -0.349 e. The summed E-state index contributed by atoms with van der Waals surface area (Å²) in [5.41, 5.74) is 1.87. The highest BCUT2D eigenvalue weighted by atomic mass is 16.1. The summed E-state index contributed by atoms with van der Waals surface area (Å²) < 4.78 is 1.51. The Balaban J connectivity index is 1.56. The van der Waals surface area contributed by atoms with E-state index in [9.17, 15) is 9.59 Å². The molecule has 0 spiro atoms. The maximum absolute atomic E-state index is 12.7. The van der Waals surface area contributed by atoms with Crippen molar-refractivity contribution in [3.05, 3.63) is 70.8 Å². The second kappa shape index (κ2) is 7.35. The molecule has 1 aromatic heterocycles. The molecule has 1 saturated carbocycles. The van der Waals surface area contributed by atoms with Gasteiger partial charge in [0.25, 0.3) is 11.5 Å². The molecule has 2 unspecified atom stereocenters. The van der Waals surface area contributed by atoms with Gasteiger partial charge in [-0.25, -0.2) is 4.98 Å². The molecular weight excluding hydrogens is 338 g/mol. The Kier molecular flexibility index (Phi) is 4.75. The molecule has 4 rings (SSSR count). The van der Waals surface area contributed by atoms with Gasteiger partial charge in [0.15, 0.2) is 0 Å². The van der Waals surface area contributed by atoms with E-state index in [1.165, 1.54) is 30.2 Å². The Morgan fingerprint density at radius 1 is 1.07 bits per heavy atom. The molecule has 1 N–H and O–H groups in total. The van der Waals surface area contributed by atoms with Crippen LogP contribution in [0.1, 0.15) is 43.0 Å². The van der Waals surface area contributed by atoms with Crippen molar-refractivity contribution in [1.29, 1.82) is 0 Å². The average molecular weight is 361 g/mol. The lowest BCUT2D eigenvalue weighted by Gasteiger charge is -2.29. The van der Waals surface area contributed by atoms with Gasteiger partial charge >= 0.3 is 0 Å². The third-order valence-corrected chi connectivity index (χ3v) is 5.50. The molecule has 0 aliphatic heterocycles. The SMILES string of the molecule is CC1CCCCC1NC(=O)c1ccc(-n2cnc3ccccc3c2=O)cc1. The van der Waals surface area contributed by atoms with Crippen LogP contribution in [0.2, 0.25) is 0 Å². The fourth-order valence-electron chi connectivity index (χ4n) is 3.81. The first-order chi connectivity index (χ1) is 13.1. The third kappa shape index (κ3) is 3.50. The number of fused-ring (bicyclic) bond motifs is 1. The Morgan fingerprint density at radius 2 is 1.81 bits per heavy atom. The van der Waals surface area contributed by atoms with E-state index in [-0.39, 0.29) is 17.5 Å². The number of hydrogen-bond donors (Lipinski definition) is 1. The number of nitrogens with zero attached hydrogens (tertiary/aromatic N) is 2. The zero-order chi connectivity index (χ0) is 18.8. The molecule has 0 radical (unpaired) electrons. The number of benzene rings is 2. The summed E-state index contributed by atoms with van der Waals surface area (Å²) >= 11 is 0. The number of rotatable bonds is 3. The standard InChI is InChI=1S/C22H23N3O2/c1-15-6-2-4-8-19(15)24-21(26)16-10-12-17(13-11-16)25-14-23-20-9-5-3-7-18(20)22(25)27/h3,5,7,9-15,19H,2,4,6,8H2,1H3,(H,24,26). The topological polar surface area (TPSA) is 64.0 Å². The fourth-order valence-corrected chi connectivity index (χ4v) is 3.81. The van der Waals surface area contributed by atoms with Crippen molar-refractivity contribution in [2.45, 2.75) is 38.6 Å². The molecule has 1 heterocycles.